The summed E-state index contributed by atoms with van der Waals surface area (Å²) in [5.74, 6) is -0.0107. The Morgan fingerprint density at radius 3 is 2.88 bits per heavy atom. The first-order chi connectivity index (χ1) is 8.06. The van der Waals surface area contributed by atoms with Crippen molar-refractivity contribution >= 4 is 33.4 Å². The molecule has 0 aromatic heterocycles. The summed E-state index contributed by atoms with van der Waals surface area (Å²) < 4.78 is 0.796. The molecule has 0 heterocycles. The standard InChI is InChI=1S/C13H15BrClNO/c1-3-4-5-8-16(2)13(17)10-6-7-11(14)12(15)9-10/h3,6-7,9H,1,4-5,8H2,2H3. The number of rotatable bonds is 5. The molecule has 1 aromatic carbocycles. The van der Waals surface area contributed by atoms with Crippen LogP contribution in [0.3, 0.4) is 0 Å². The van der Waals surface area contributed by atoms with Gasteiger partial charge in [0.15, 0.2) is 0 Å². The third-order valence-corrected chi connectivity index (χ3v) is 3.65. The van der Waals surface area contributed by atoms with Crippen LogP contribution in [-0.4, -0.2) is 24.4 Å². The summed E-state index contributed by atoms with van der Waals surface area (Å²) >= 11 is 9.26. The van der Waals surface area contributed by atoms with Crippen LogP contribution in [0.15, 0.2) is 35.3 Å². The van der Waals surface area contributed by atoms with E-state index in [1.54, 1.807) is 30.1 Å². The summed E-state index contributed by atoms with van der Waals surface area (Å²) in [7, 11) is 1.79. The molecule has 0 bridgehead atoms. The van der Waals surface area contributed by atoms with Crippen molar-refractivity contribution in [2.75, 3.05) is 13.6 Å². The Kier molecular flexibility index (Phi) is 5.72. The second kappa shape index (κ2) is 6.82. The van der Waals surface area contributed by atoms with Crippen molar-refractivity contribution in [1.29, 1.82) is 0 Å². The van der Waals surface area contributed by atoms with Crippen molar-refractivity contribution in [3.8, 4) is 0 Å². The predicted octanol–water partition coefficient (Wildman–Crippen LogP) is 4.14. The molecule has 0 saturated carbocycles. The fraction of sp³-hybridized carbons (Fsp3) is 0.308. The van der Waals surface area contributed by atoms with Crippen LogP contribution in [0.4, 0.5) is 0 Å². The van der Waals surface area contributed by atoms with Crippen LogP contribution in [0.2, 0.25) is 5.02 Å². The fourth-order valence-electron chi connectivity index (χ4n) is 1.42. The van der Waals surface area contributed by atoms with Gasteiger partial charge in [-0.1, -0.05) is 17.7 Å². The van der Waals surface area contributed by atoms with Crippen molar-refractivity contribution in [3.63, 3.8) is 0 Å². The molecule has 0 aliphatic carbocycles. The number of carbonyl (C=O) groups excluding carboxylic acids is 1. The van der Waals surface area contributed by atoms with Crippen LogP contribution in [0, 0.1) is 0 Å². The van der Waals surface area contributed by atoms with E-state index < -0.39 is 0 Å². The average Bonchev–Trinajstić information content (AvgIpc) is 2.32. The lowest BCUT2D eigenvalue weighted by Crippen LogP contribution is -2.27. The van der Waals surface area contributed by atoms with Crippen LogP contribution in [0.25, 0.3) is 0 Å². The number of nitrogens with zero attached hydrogens (tertiary/aromatic N) is 1. The van der Waals surface area contributed by atoms with E-state index in [4.69, 9.17) is 11.6 Å². The van der Waals surface area contributed by atoms with E-state index in [-0.39, 0.29) is 5.91 Å². The highest BCUT2D eigenvalue weighted by atomic mass is 79.9. The molecular weight excluding hydrogens is 302 g/mol. The second-order valence-corrected chi connectivity index (χ2v) is 5.05. The van der Waals surface area contributed by atoms with E-state index >= 15 is 0 Å². The highest BCUT2D eigenvalue weighted by Gasteiger charge is 2.12. The molecule has 0 spiro atoms. The van der Waals surface area contributed by atoms with Crippen molar-refractivity contribution in [2.24, 2.45) is 0 Å². The molecule has 17 heavy (non-hydrogen) atoms. The third kappa shape index (κ3) is 4.17. The second-order valence-electron chi connectivity index (χ2n) is 3.79. The van der Waals surface area contributed by atoms with E-state index in [0.29, 0.717) is 10.6 Å². The molecule has 2 nitrogen and oxygen atoms in total. The molecule has 0 aliphatic heterocycles. The molecule has 0 N–H and O–H groups in total. The Hall–Kier alpha value is -0.800. The van der Waals surface area contributed by atoms with Gasteiger partial charge in [-0.05, 0) is 47.0 Å². The Morgan fingerprint density at radius 1 is 1.59 bits per heavy atom. The first-order valence-electron chi connectivity index (χ1n) is 5.37. The highest BCUT2D eigenvalue weighted by Crippen LogP contribution is 2.23. The Balaban J connectivity index is 2.68. The van der Waals surface area contributed by atoms with Gasteiger partial charge in [-0.2, -0.15) is 0 Å². The molecule has 0 saturated heterocycles. The number of hydrogen-bond acceptors (Lipinski definition) is 1. The molecule has 0 atom stereocenters. The lowest BCUT2D eigenvalue weighted by Gasteiger charge is -2.17. The maximum atomic E-state index is 12.0. The van der Waals surface area contributed by atoms with Crippen molar-refractivity contribution < 1.29 is 4.79 Å². The number of carbonyl (C=O) groups is 1. The SMILES string of the molecule is C=CCCCN(C)C(=O)c1ccc(Br)c(Cl)c1. The van der Waals surface area contributed by atoms with Gasteiger partial charge < -0.3 is 4.90 Å². The largest absolute Gasteiger partial charge is 0.342 e. The van der Waals surface area contributed by atoms with Gasteiger partial charge in [0, 0.05) is 23.6 Å². The maximum absolute atomic E-state index is 12.0. The first kappa shape index (κ1) is 14.3. The minimum atomic E-state index is -0.0107. The molecular formula is C13H15BrClNO. The summed E-state index contributed by atoms with van der Waals surface area (Å²) in [6, 6.07) is 5.23. The summed E-state index contributed by atoms with van der Waals surface area (Å²) in [6.07, 6.45) is 3.70. The third-order valence-electron chi connectivity index (χ3n) is 2.42. The van der Waals surface area contributed by atoms with E-state index in [1.807, 2.05) is 6.08 Å². The van der Waals surface area contributed by atoms with Gasteiger partial charge in [-0.3, -0.25) is 4.79 Å². The minimum absolute atomic E-state index is 0.0107. The zero-order chi connectivity index (χ0) is 12.8. The van der Waals surface area contributed by atoms with E-state index in [1.165, 1.54) is 0 Å². The summed E-state index contributed by atoms with van der Waals surface area (Å²) in [5.41, 5.74) is 0.610. The van der Waals surface area contributed by atoms with Gasteiger partial charge in [-0.25, -0.2) is 0 Å². The summed E-state index contributed by atoms with van der Waals surface area (Å²) in [4.78, 5) is 13.7. The smallest absolute Gasteiger partial charge is 0.253 e. The monoisotopic (exact) mass is 315 g/mol. The van der Waals surface area contributed by atoms with Gasteiger partial charge in [0.2, 0.25) is 0 Å². The Morgan fingerprint density at radius 2 is 2.29 bits per heavy atom. The van der Waals surface area contributed by atoms with Gasteiger partial charge in [0.1, 0.15) is 0 Å². The van der Waals surface area contributed by atoms with Crippen LogP contribution < -0.4 is 0 Å². The molecule has 92 valence electrons. The maximum Gasteiger partial charge on any atom is 0.253 e. The first-order valence-corrected chi connectivity index (χ1v) is 6.54. The average molecular weight is 317 g/mol. The van der Waals surface area contributed by atoms with Crippen LogP contribution >= 0.6 is 27.5 Å². The lowest BCUT2D eigenvalue weighted by atomic mass is 10.2. The number of benzene rings is 1. The van der Waals surface area contributed by atoms with E-state index in [9.17, 15) is 4.79 Å². The normalized spacial score (nSPS) is 10.1. The Bertz CT molecular complexity index is 420. The molecule has 1 amide bonds. The lowest BCUT2D eigenvalue weighted by molar-refractivity contribution is 0.0794. The Labute approximate surface area is 115 Å². The number of allylic oxidation sites excluding steroid dienone is 1. The van der Waals surface area contributed by atoms with E-state index in [0.717, 1.165) is 23.9 Å². The molecule has 0 radical (unpaired) electrons. The fourth-order valence-corrected chi connectivity index (χ4v) is 1.85. The molecule has 1 aromatic rings. The zero-order valence-corrected chi connectivity index (χ0v) is 12.1. The topological polar surface area (TPSA) is 20.3 Å². The number of halogens is 2. The molecule has 1 rings (SSSR count). The number of amides is 1. The van der Waals surface area contributed by atoms with E-state index in [2.05, 4.69) is 22.5 Å². The van der Waals surface area contributed by atoms with Gasteiger partial charge >= 0.3 is 0 Å². The van der Waals surface area contributed by atoms with Crippen molar-refractivity contribution in [3.05, 3.63) is 45.9 Å². The zero-order valence-electron chi connectivity index (χ0n) is 9.75. The number of hydrogen-bond donors (Lipinski definition) is 0. The molecule has 0 fully saturated rings. The van der Waals surface area contributed by atoms with Gasteiger partial charge in [-0.15, -0.1) is 6.58 Å². The van der Waals surface area contributed by atoms with Crippen molar-refractivity contribution in [1.82, 2.24) is 4.90 Å². The quantitative estimate of drug-likeness (QED) is 0.590. The summed E-state index contributed by atoms with van der Waals surface area (Å²) in [6.45, 7) is 4.38. The van der Waals surface area contributed by atoms with Gasteiger partial charge in [0.25, 0.3) is 5.91 Å². The highest BCUT2D eigenvalue weighted by molar-refractivity contribution is 9.10. The van der Waals surface area contributed by atoms with Crippen LogP contribution in [0.5, 0.6) is 0 Å². The van der Waals surface area contributed by atoms with Crippen LogP contribution in [0.1, 0.15) is 23.2 Å². The molecule has 4 heteroatoms. The van der Waals surface area contributed by atoms with Crippen LogP contribution in [-0.2, 0) is 0 Å². The minimum Gasteiger partial charge on any atom is -0.342 e. The molecule has 0 aliphatic rings. The predicted molar refractivity (Wildman–Crippen MR) is 75.5 cm³/mol. The van der Waals surface area contributed by atoms with Gasteiger partial charge in [0.05, 0.1) is 5.02 Å². The molecule has 0 unspecified atom stereocenters. The number of unbranched alkanes of at least 4 members (excludes halogenated alkanes) is 1. The van der Waals surface area contributed by atoms with Crippen molar-refractivity contribution in [2.45, 2.75) is 12.8 Å². The summed E-state index contributed by atoms with van der Waals surface area (Å²) in [5, 5.41) is 0.551.